The summed E-state index contributed by atoms with van der Waals surface area (Å²) in [6.07, 6.45) is 1.02. The number of carbonyl (C=O) groups is 1. The molecule has 2 aromatic rings. The summed E-state index contributed by atoms with van der Waals surface area (Å²) in [5.41, 5.74) is 0.812. The first-order valence-electron chi connectivity index (χ1n) is 8.65. The van der Waals surface area contributed by atoms with E-state index >= 15 is 0 Å². The van der Waals surface area contributed by atoms with E-state index in [1.165, 1.54) is 12.1 Å². The first-order chi connectivity index (χ1) is 12.7. The number of nitrogens with one attached hydrogen (secondary N) is 1. The lowest BCUT2D eigenvalue weighted by Crippen LogP contribution is -2.39. The quantitative estimate of drug-likeness (QED) is 0.748. The molecule has 0 aliphatic rings. The van der Waals surface area contributed by atoms with E-state index in [0.717, 1.165) is 11.8 Å². The minimum atomic E-state index is -3.24. The van der Waals surface area contributed by atoms with Crippen LogP contribution in [-0.2, 0) is 14.6 Å². The van der Waals surface area contributed by atoms with Crippen LogP contribution in [0.3, 0.4) is 0 Å². The summed E-state index contributed by atoms with van der Waals surface area (Å²) in [5, 5.41) is 2.91. The van der Waals surface area contributed by atoms with Crippen LogP contribution >= 0.6 is 0 Å². The van der Waals surface area contributed by atoms with Gasteiger partial charge in [-0.05, 0) is 43.2 Å². The molecule has 0 unspecified atom stereocenters. The molecular formula is C20H25NO5S. The molecule has 6 nitrogen and oxygen atoms in total. The monoisotopic (exact) mass is 391 g/mol. The lowest BCUT2D eigenvalue weighted by molar-refractivity contribution is -0.128. The number of ether oxygens (including phenoxy) is 2. The van der Waals surface area contributed by atoms with Crippen molar-refractivity contribution in [3.05, 3.63) is 54.1 Å². The predicted octanol–water partition coefficient (Wildman–Crippen LogP) is 3.13. The van der Waals surface area contributed by atoms with Gasteiger partial charge < -0.3 is 14.8 Å². The molecule has 1 N–H and O–H groups in total. The van der Waals surface area contributed by atoms with E-state index in [9.17, 15) is 13.2 Å². The fourth-order valence-electron chi connectivity index (χ4n) is 2.55. The first kappa shape index (κ1) is 20.8. The second-order valence-electron chi connectivity index (χ2n) is 6.27. The van der Waals surface area contributed by atoms with Crippen molar-refractivity contribution in [2.45, 2.75) is 37.3 Å². The van der Waals surface area contributed by atoms with Crippen molar-refractivity contribution in [3.63, 3.8) is 0 Å². The standard InChI is InChI=1S/C20H25NO5S/c1-5-19(26-17-8-6-7-16(13-17)25-3)20(22)21-14(2)15-9-11-18(12-10-15)27(4,23)24/h6-14,19H,5H2,1-4H3,(H,21,22)/t14-,19-/m0/s1. The number of carbonyl (C=O) groups excluding carboxylic acids is 1. The van der Waals surface area contributed by atoms with E-state index in [2.05, 4.69) is 5.32 Å². The Hall–Kier alpha value is -2.54. The minimum Gasteiger partial charge on any atom is -0.497 e. The van der Waals surface area contributed by atoms with Gasteiger partial charge in [-0.3, -0.25) is 4.79 Å². The maximum absolute atomic E-state index is 12.6. The Morgan fingerprint density at radius 1 is 1.11 bits per heavy atom. The normalized spacial score (nSPS) is 13.5. The van der Waals surface area contributed by atoms with Gasteiger partial charge in [0.25, 0.3) is 5.91 Å². The Kier molecular flexibility index (Phi) is 6.85. The van der Waals surface area contributed by atoms with E-state index in [1.54, 1.807) is 43.5 Å². The Labute approximate surface area is 160 Å². The molecule has 0 aliphatic heterocycles. The summed E-state index contributed by atoms with van der Waals surface area (Å²) in [6, 6.07) is 13.3. The molecule has 0 aromatic heterocycles. The number of amides is 1. The second kappa shape index (κ2) is 8.90. The second-order valence-corrected chi connectivity index (χ2v) is 8.28. The van der Waals surface area contributed by atoms with Gasteiger partial charge in [0, 0.05) is 12.3 Å². The van der Waals surface area contributed by atoms with Gasteiger partial charge in [0.2, 0.25) is 0 Å². The maximum atomic E-state index is 12.6. The molecule has 0 saturated carbocycles. The minimum absolute atomic E-state index is 0.236. The van der Waals surface area contributed by atoms with E-state index < -0.39 is 15.9 Å². The average Bonchev–Trinajstić information content (AvgIpc) is 2.65. The number of sulfone groups is 1. The van der Waals surface area contributed by atoms with Crippen molar-refractivity contribution in [1.82, 2.24) is 5.32 Å². The Balaban J connectivity index is 2.04. The van der Waals surface area contributed by atoms with Gasteiger partial charge in [-0.15, -0.1) is 0 Å². The Bertz CT molecular complexity index is 878. The van der Waals surface area contributed by atoms with Gasteiger partial charge >= 0.3 is 0 Å². The van der Waals surface area contributed by atoms with Crippen LogP contribution in [0.1, 0.15) is 31.9 Å². The van der Waals surface area contributed by atoms with Crippen molar-refractivity contribution < 1.29 is 22.7 Å². The lowest BCUT2D eigenvalue weighted by Gasteiger charge is -2.21. The summed E-state index contributed by atoms with van der Waals surface area (Å²) < 4.78 is 34.0. The molecule has 0 saturated heterocycles. The third kappa shape index (κ3) is 5.72. The van der Waals surface area contributed by atoms with Gasteiger partial charge in [0.05, 0.1) is 18.0 Å². The van der Waals surface area contributed by atoms with Gasteiger partial charge in [0.1, 0.15) is 11.5 Å². The largest absolute Gasteiger partial charge is 0.497 e. The van der Waals surface area contributed by atoms with Crippen molar-refractivity contribution in [1.29, 1.82) is 0 Å². The molecule has 7 heteroatoms. The molecule has 0 spiro atoms. The van der Waals surface area contributed by atoms with Crippen LogP contribution in [0.15, 0.2) is 53.4 Å². The lowest BCUT2D eigenvalue weighted by atomic mass is 10.1. The van der Waals surface area contributed by atoms with Crippen molar-refractivity contribution in [2.75, 3.05) is 13.4 Å². The van der Waals surface area contributed by atoms with Crippen LogP contribution in [0, 0.1) is 0 Å². The molecule has 1 amide bonds. The smallest absolute Gasteiger partial charge is 0.261 e. The van der Waals surface area contributed by atoms with Crippen LogP contribution < -0.4 is 14.8 Å². The molecule has 0 heterocycles. The van der Waals surface area contributed by atoms with Gasteiger partial charge in [0.15, 0.2) is 15.9 Å². The maximum Gasteiger partial charge on any atom is 0.261 e. The molecule has 0 aliphatic carbocycles. The summed E-state index contributed by atoms with van der Waals surface area (Å²) in [6.45, 7) is 3.71. The van der Waals surface area contributed by atoms with Crippen LogP contribution in [0.5, 0.6) is 11.5 Å². The van der Waals surface area contributed by atoms with Crippen molar-refractivity contribution >= 4 is 15.7 Å². The topological polar surface area (TPSA) is 81.7 Å². The number of hydrogen-bond acceptors (Lipinski definition) is 5. The molecule has 2 rings (SSSR count). The molecule has 2 atom stereocenters. The Morgan fingerprint density at radius 2 is 1.74 bits per heavy atom. The van der Waals surface area contributed by atoms with Crippen LogP contribution in [0.2, 0.25) is 0 Å². The van der Waals surface area contributed by atoms with E-state index in [1.807, 2.05) is 13.8 Å². The molecule has 27 heavy (non-hydrogen) atoms. The van der Waals surface area contributed by atoms with Crippen LogP contribution in [-0.4, -0.2) is 33.8 Å². The molecule has 0 fully saturated rings. The van der Waals surface area contributed by atoms with Crippen molar-refractivity contribution in [2.24, 2.45) is 0 Å². The summed E-state index contributed by atoms with van der Waals surface area (Å²) in [7, 11) is -1.67. The number of methoxy groups -OCH3 is 1. The summed E-state index contributed by atoms with van der Waals surface area (Å²) in [4.78, 5) is 12.8. The number of hydrogen-bond donors (Lipinski definition) is 1. The average molecular weight is 391 g/mol. The highest BCUT2D eigenvalue weighted by atomic mass is 32.2. The van der Waals surface area contributed by atoms with E-state index in [0.29, 0.717) is 17.9 Å². The molecule has 0 bridgehead atoms. The predicted molar refractivity (Wildman–Crippen MR) is 104 cm³/mol. The molecule has 0 radical (unpaired) electrons. The third-order valence-corrected chi connectivity index (χ3v) is 5.28. The highest BCUT2D eigenvalue weighted by Crippen LogP contribution is 2.21. The Morgan fingerprint density at radius 3 is 2.30 bits per heavy atom. The summed E-state index contributed by atoms with van der Waals surface area (Å²) in [5.74, 6) is 0.976. The molecule has 2 aromatic carbocycles. The number of benzene rings is 2. The number of rotatable bonds is 8. The molecule has 146 valence electrons. The van der Waals surface area contributed by atoms with Gasteiger partial charge in [-0.1, -0.05) is 25.1 Å². The van der Waals surface area contributed by atoms with E-state index in [4.69, 9.17) is 9.47 Å². The zero-order valence-electron chi connectivity index (χ0n) is 15.9. The van der Waals surface area contributed by atoms with Crippen molar-refractivity contribution in [3.8, 4) is 11.5 Å². The molecular weight excluding hydrogens is 366 g/mol. The zero-order valence-corrected chi connectivity index (χ0v) is 16.7. The van der Waals surface area contributed by atoms with Gasteiger partial charge in [-0.25, -0.2) is 8.42 Å². The highest BCUT2D eigenvalue weighted by Gasteiger charge is 2.21. The van der Waals surface area contributed by atoms with Crippen LogP contribution in [0.25, 0.3) is 0 Å². The highest BCUT2D eigenvalue weighted by molar-refractivity contribution is 7.90. The van der Waals surface area contributed by atoms with Crippen LogP contribution in [0.4, 0.5) is 0 Å². The third-order valence-electron chi connectivity index (χ3n) is 4.15. The fraction of sp³-hybridized carbons (Fsp3) is 0.350. The first-order valence-corrected chi connectivity index (χ1v) is 10.5. The van der Waals surface area contributed by atoms with Gasteiger partial charge in [-0.2, -0.15) is 0 Å². The fourth-order valence-corrected chi connectivity index (χ4v) is 3.18. The SMILES string of the molecule is CC[C@H](Oc1cccc(OC)c1)C(=O)N[C@@H](C)c1ccc(S(C)(=O)=O)cc1. The summed E-state index contributed by atoms with van der Waals surface area (Å²) >= 11 is 0. The zero-order chi connectivity index (χ0) is 20.0. The van der Waals surface area contributed by atoms with E-state index in [-0.39, 0.29) is 16.8 Å².